The molecule has 0 unspecified atom stereocenters. The molecule has 3 heteroatoms. The summed E-state index contributed by atoms with van der Waals surface area (Å²) in [5.41, 5.74) is -0.482. The lowest BCUT2D eigenvalue weighted by atomic mass is 9.85. The van der Waals surface area contributed by atoms with E-state index in [1.165, 1.54) is 12.8 Å². The van der Waals surface area contributed by atoms with Gasteiger partial charge in [0.15, 0.2) is 0 Å². The first kappa shape index (κ1) is 10.9. The second kappa shape index (κ2) is 4.12. The van der Waals surface area contributed by atoms with Gasteiger partial charge in [0.25, 0.3) is 0 Å². The van der Waals surface area contributed by atoms with E-state index in [0.29, 0.717) is 0 Å². The molecule has 3 nitrogen and oxygen atoms in total. The van der Waals surface area contributed by atoms with Crippen LogP contribution in [0.2, 0.25) is 0 Å². The highest BCUT2D eigenvalue weighted by Gasteiger charge is 2.50. The Bertz CT molecular complexity index is 240. The van der Waals surface area contributed by atoms with Crippen LogP contribution >= 0.6 is 0 Å². The Kier molecular flexibility index (Phi) is 3.01. The van der Waals surface area contributed by atoms with Gasteiger partial charge >= 0.3 is 5.97 Å². The SMILES string of the molecule is CCCC1CN(C2(C(=O)O)CCCC2)C1. The third kappa shape index (κ3) is 1.78. The molecule has 15 heavy (non-hydrogen) atoms. The Balaban J connectivity index is 1.94. The van der Waals surface area contributed by atoms with Crippen molar-refractivity contribution in [3.63, 3.8) is 0 Å². The van der Waals surface area contributed by atoms with Crippen LogP contribution in [0.4, 0.5) is 0 Å². The van der Waals surface area contributed by atoms with Crippen molar-refractivity contribution in [3.8, 4) is 0 Å². The summed E-state index contributed by atoms with van der Waals surface area (Å²) in [4.78, 5) is 13.6. The van der Waals surface area contributed by atoms with Crippen molar-refractivity contribution in [2.75, 3.05) is 13.1 Å². The Morgan fingerprint density at radius 3 is 2.47 bits per heavy atom. The predicted octanol–water partition coefficient (Wildman–Crippen LogP) is 2.12. The topological polar surface area (TPSA) is 40.5 Å². The number of hydrogen-bond acceptors (Lipinski definition) is 2. The number of carbonyl (C=O) groups is 1. The predicted molar refractivity (Wildman–Crippen MR) is 58.8 cm³/mol. The van der Waals surface area contributed by atoms with Gasteiger partial charge in [-0.05, 0) is 25.2 Å². The standard InChI is InChI=1S/C12H21NO2/c1-2-5-10-8-13(9-10)12(11(14)15)6-3-4-7-12/h10H,2-9H2,1H3,(H,14,15). The first-order valence-electron chi connectivity index (χ1n) is 6.17. The van der Waals surface area contributed by atoms with E-state index in [9.17, 15) is 9.90 Å². The lowest BCUT2D eigenvalue weighted by Crippen LogP contribution is -2.62. The molecule has 0 amide bonds. The highest BCUT2D eigenvalue weighted by atomic mass is 16.4. The molecular weight excluding hydrogens is 190 g/mol. The van der Waals surface area contributed by atoms with Gasteiger partial charge in [0.2, 0.25) is 0 Å². The molecule has 1 heterocycles. The summed E-state index contributed by atoms with van der Waals surface area (Å²) in [6.07, 6.45) is 6.37. The van der Waals surface area contributed by atoms with E-state index in [-0.39, 0.29) is 0 Å². The molecule has 1 saturated heterocycles. The van der Waals surface area contributed by atoms with Crippen LogP contribution in [-0.4, -0.2) is 34.6 Å². The maximum absolute atomic E-state index is 11.4. The van der Waals surface area contributed by atoms with E-state index in [2.05, 4.69) is 11.8 Å². The molecule has 1 saturated carbocycles. The van der Waals surface area contributed by atoms with Crippen LogP contribution in [0.15, 0.2) is 0 Å². The number of carboxylic acid groups (broad SMARTS) is 1. The van der Waals surface area contributed by atoms with Gasteiger partial charge in [0.05, 0.1) is 0 Å². The van der Waals surface area contributed by atoms with Gasteiger partial charge < -0.3 is 5.11 Å². The molecule has 2 aliphatic rings. The van der Waals surface area contributed by atoms with Crippen molar-refractivity contribution < 1.29 is 9.90 Å². The third-order valence-corrected chi connectivity index (χ3v) is 4.09. The lowest BCUT2D eigenvalue weighted by Gasteiger charge is -2.48. The number of aliphatic carboxylic acids is 1. The van der Waals surface area contributed by atoms with Crippen molar-refractivity contribution >= 4 is 5.97 Å². The Morgan fingerprint density at radius 2 is 2.00 bits per heavy atom. The number of hydrogen-bond donors (Lipinski definition) is 1. The fourth-order valence-electron chi connectivity index (χ4n) is 3.14. The second-order valence-corrected chi connectivity index (χ2v) is 5.10. The number of rotatable bonds is 4. The van der Waals surface area contributed by atoms with E-state index in [1.54, 1.807) is 0 Å². The Morgan fingerprint density at radius 1 is 1.40 bits per heavy atom. The molecule has 86 valence electrons. The van der Waals surface area contributed by atoms with Gasteiger partial charge in [-0.1, -0.05) is 26.2 Å². The minimum Gasteiger partial charge on any atom is -0.480 e. The monoisotopic (exact) mass is 211 g/mol. The van der Waals surface area contributed by atoms with Crippen LogP contribution in [0, 0.1) is 5.92 Å². The highest BCUT2D eigenvalue weighted by Crippen LogP contribution is 2.40. The normalized spacial score (nSPS) is 26.5. The van der Waals surface area contributed by atoms with Gasteiger partial charge in [0, 0.05) is 13.1 Å². The summed E-state index contributed by atoms with van der Waals surface area (Å²) in [6, 6.07) is 0. The molecule has 0 atom stereocenters. The maximum atomic E-state index is 11.4. The summed E-state index contributed by atoms with van der Waals surface area (Å²) in [7, 11) is 0. The van der Waals surface area contributed by atoms with E-state index >= 15 is 0 Å². The zero-order valence-electron chi connectivity index (χ0n) is 9.54. The molecule has 0 aromatic heterocycles. The molecule has 0 aromatic rings. The zero-order chi connectivity index (χ0) is 10.9. The van der Waals surface area contributed by atoms with Crippen molar-refractivity contribution in [1.82, 2.24) is 4.90 Å². The van der Waals surface area contributed by atoms with Crippen LogP contribution < -0.4 is 0 Å². The van der Waals surface area contributed by atoms with E-state index in [4.69, 9.17) is 0 Å². The summed E-state index contributed by atoms with van der Waals surface area (Å²) in [6.45, 7) is 4.23. The highest BCUT2D eigenvalue weighted by molar-refractivity contribution is 5.79. The van der Waals surface area contributed by atoms with Crippen LogP contribution in [0.1, 0.15) is 45.4 Å². The van der Waals surface area contributed by atoms with Gasteiger partial charge in [0.1, 0.15) is 5.54 Å². The van der Waals surface area contributed by atoms with Crippen molar-refractivity contribution in [3.05, 3.63) is 0 Å². The summed E-state index contributed by atoms with van der Waals surface area (Å²) in [5, 5.41) is 9.37. The molecule has 0 aromatic carbocycles. The van der Waals surface area contributed by atoms with Gasteiger partial charge in [-0.3, -0.25) is 9.69 Å². The molecule has 0 spiro atoms. The molecule has 0 radical (unpaired) electrons. The van der Waals surface area contributed by atoms with E-state index in [1.807, 2.05) is 0 Å². The lowest BCUT2D eigenvalue weighted by molar-refractivity contribution is -0.157. The zero-order valence-corrected chi connectivity index (χ0v) is 9.54. The number of carboxylic acids is 1. The van der Waals surface area contributed by atoms with Crippen molar-refractivity contribution in [1.29, 1.82) is 0 Å². The van der Waals surface area contributed by atoms with Crippen LogP contribution in [0.5, 0.6) is 0 Å². The molecule has 1 aliphatic heterocycles. The van der Waals surface area contributed by atoms with Crippen molar-refractivity contribution in [2.24, 2.45) is 5.92 Å². The molecule has 2 rings (SSSR count). The van der Waals surface area contributed by atoms with Crippen LogP contribution in [0.3, 0.4) is 0 Å². The number of likely N-dealkylation sites (tertiary alicyclic amines) is 1. The largest absolute Gasteiger partial charge is 0.480 e. The Labute approximate surface area is 91.5 Å². The minimum atomic E-state index is -0.588. The third-order valence-electron chi connectivity index (χ3n) is 4.09. The summed E-state index contributed by atoms with van der Waals surface area (Å²) < 4.78 is 0. The second-order valence-electron chi connectivity index (χ2n) is 5.10. The van der Waals surface area contributed by atoms with E-state index in [0.717, 1.165) is 44.7 Å². The number of nitrogens with zero attached hydrogens (tertiary/aromatic N) is 1. The smallest absolute Gasteiger partial charge is 0.324 e. The fourth-order valence-corrected chi connectivity index (χ4v) is 3.14. The van der Waals surface area contributed by atoms with Gasteiger partial charge in [-0.25, -0.2) is 0 Å². The van der Waals surface area contributed by atoms with Gasteiger partial charge in [-0.2, -0.15) is 0 Å². The molecule has 0 bridgehead atoms. The summed E-state index contributed by atoms with van der Waals surface area (Å²) in [5.74, 6) is 0.168. The van der Waals surface area contributed by atoms with Crippen LogP contribution in [-0.2, 0) is 4.79 Å². The van der Waals surface area contributed by atoms with Gasteiger partial charge in [-0.15, -0.1) is 0 Å². The molecule has 1 N–H and O–H groups in total. The first-order valence-corrected chi connectivity index (χ1v) is 6.17. The molecule has 1 aliphatic carbocycles. The average Bonchev–Trinajstić information content (AvgIpc) is 2.60. The maximum Gasteiger partial charge on any atom is 0.324 e. The molecule has 2 fully saturated rings. The van der Waals surface area contributed by atoms with E-state index < -0.39 is 11.5 Å². The quantitative estimate of drug-likeness (QED) is 0.774. The summed E-state index contributed by atoms with van der Waals surface area (Å²) >= 11 is 0. The first-order chi connectivity index (χ1) is 7.19. The Hall–Kier alpha value is -0.570. The van der Waals surface area contributed by atoms with Crippen LogP contribution in [0.25, 0.3) is 0 Å². The fraction of sp³-hybridized carbons (Fsp3) is 0.917. The molecular formula is C12H21NO2. The van der Waals surface area contributed by atoms with Crippen molar-refractivity contribution in [2.45, 2.75) is 51.0 Å². The minimum absolute atomic E-state index is 0.482. The average molecular weight is 211 g/mol.